The highest BCUT2D eigenvalue weighted by atomic mass is 32.2. The van der Waals surface area contributed by atoms with Gasteiger partial charge in [0.25, 0.3) is 0 Å². The summed E-state index contributed by atoms with van der Waals surface area (Å²) in [6.07, 6.45) is -1.03. The van der Waals surface area contributed by atoms with E-state index in [1.165, 1.54) is 24.0 Å². The summed E-state index contributed by atoms with van der Waals surface area (Å²) in [5, 5.41) is 9.98. The molecule has 166 valence electrons. The van der Waals surface area contributed by atoms with Crippen LogP contribution >= 0.6 is 7.95 Å². The lowest BCUT2D eigenvalue weighted by Crippen LogP contribution is -2.32. The van der Waals surface area contributed by atoms with Crippen LogP contribution in [0.5, 0.6) is 5.75 Å². The number of hydrogen-bond donors (Lipinski definition) is 1. The molecule has 0 saturated carbocycles. The van der Waals surface area contributed by atoms with Gasteiger partial charge in [-0.3, -0.25) is 14.4 Å². The van der Waals surface area contributed by atoms with Crippen LogP contribution in [0.4, 0.5) is 0 Å². The minimum absolute atomic E-state index is 0.168. The highest BCUT2D eigenvalue weighted by molar-refractivity contribution is 7.99. The summed E-state index contributed by atoms with van der Waals surface area (Å²) in [6, 6.07) is 3.00. The van der Waals surface area contributed by atoms with E-state index in [2.05, 4.69) is 0 Å². The number of sulfonamides is 1. The average Bonchev–Trinajstić information content (AvgIpc) is 3.12. The average molecular weight is 465 g/mol. The van der Waals surface area contributed by atoms with Gasteiger partial charge in [-0.1, -0.05) is 7.95 Å². The minimum Gasteiger partial charge on any atom is -0.425 e. The summed E-state index contributed by atoms with van der Waals surface area (Å²) < 4.78 is 32.5. The molecule has 31 heavy (non-hydrogen) atoms. The lowest BCUT2D eigenvalue weighted by molar-refractivity contribution is -0.137. The molecule has 0 spiro atoms. The maximum absolute atomic E-state index is 12.9. The van der Waals surface area contributed by atoms with Crippen molar-refractivity contribution >= 4 is 43.6 Å². The lowest BCUT2D eigenvalue weighted by atomic mass is 9.75. The number of Topliss-reactive ketones (excluding diaryl/α,β-unsaturated/α-hetero) is 1. The van der Waals surface area contributed by atoms with E-state index >= 15 is 0 Å². The van der Waals surface area contributed by atoms with Crippen LogP contribution in [0.1, 0.15) is 56.9 Å². The normalized spacial score (nSPS) is 24.3. The first-order chi connectivity index (χ1) is 14.2. The number of benzene rings is 1. The second-order valence-corrected chi connectivity index (χ2v) is 13.0. The van der Waals surface area contributed by atoms with Crippen molar-refractivity contribution in [3.8, 4) is 5.75 Å². The molecule has 1 aromatic rings. The quantitative estimate of drug-likeness (QED) is 0.169. The molecule has 1 saturated heterocycles. The Morgan fingerprint density at radius 1 is 1.42 bits per heavy atom. The molecule has 2 radical (unpaired) electrons. The summed E-state index contributed by atoms with van der Waals surface area (Å²) in [5.74, 6) is -1.10. The summed E-state index contributed by atoms with van der Waals surface area (Å²) >= 11 is 0. The van der Waals surface area contributed by atoms with Crippen molar-refractivity contribution in [2.75, 3.05) is 13.2 Å². The van der Waals surface area contributed by atoms with Gasteiger partial charge >= 0.3 is 5.97 Å². The van der Waals surface area contributed by atoms with Crippen molar-refractivity contribution in [1.82, 2.24) is 4.08 Å². The molecule has 1 fully saturated rings. The summed E-state index contributed by atoms with van der Waals surface area (Å²) in [7, 11) is 0.617. The van der Waals surface area contributed by atoms with Crippen molar-refractivity contribution in [2.24, 2.45) is 0 Å². The fraction of sp³-hybridized carbons (Fsp3) is 0.550. The first kappa shape index (κ1) is 24.0. The lowest BCUT2D eigenvalue weighted by Gasteiger charge is -2.27. The maximum Gasteiger partial charge on any atom is 0.321 e. The molecule has 2 aliphatic heterocycles. The van der Waals surface area contributed by atoms with Gasteiger partial charge in [0.1, 0.15) is 18.6 Å². The third kappa shape index (κ3) is 3.67. The van der Waals surface area contributed by atoms with Crippen LogP contribution in [-0.2, 0) is 35.2 Å². The third-order valence-corrected chi connectivity index (χ3v) is 10.6. The number of aliphatic hydroxyl groups is 1. The Bertz CT molecular complexity index is 1070. The largest absolute Gasteiger partial charge is 0.425 e. The maximum atomic E-state index is 12.9. The first-order valence-corrected chi connectivity index (χ1v) is 13.1. The van der Waals surface area contributed by atoms with Crippen molar-refractivity contribution in [3.63, 3.8) is 0 Å². The molecular formula is C20H25BNO7PS. The topological polar surface area (TPSA) is 118 Å². The Balaban J connectivity index is 2.18. The number of esters is 1. The first-order valence-electron chi connectivity index (χ1n) is 9.76. The molecule has 0 aromatic heterocycles. The van der Waals surface area contributed by atoms with E-state index < -0.39 is 51.9 Å². The van der Waals surface area contributed by atoms with Crippen LogP contribution in [0, 0.1) is 0 Å². The Hall–Kier alpha value is -1.61. The molecule has 3 rings (SSSR count). The molecule has 1 aromatic carbocycles. The predicted octanol–water partition coefficient (Wildman–Crippen LogP) is 1.48. The number of rotatable bonds is 6. The number of aliphatic hydroxyl groups excluding tert-OH is 1. The third-order valence-electron chi connectivity index (χ3n) is 6.21. The zero-order valence-corrected chi connectivity index (χ0v) is 19.8. The standard InChI is InChI=1S/C20H25BNO7PS/c1-19(2,15(24)10-23)12-8-11(9-13-17(12)29-18(26)20(13,3)4)16(25)14-6-7-22(30(5)21)31(14,27)28/h8-10,14,16,25H,6-7H2,1-5H3/t14-,16+,30?/m0/s1. The van der Waals surface area contributed by atoms with Crippen LogP contribution in [0.3, 0.4) is 0 Å². The number of hydrogen-bond acceptors (Lipinski definition) is 7. The number of carbonyl (C=O) groups is 3. The van der Waals surface area contributed by atoms with Crippen LogP contribution < -0.4 is 4.74 Å². The minimum atomic E-state index is -3.83. The number of ketones is 1. The Kier molecular flexibility index (Phi) is 6.02. The molecular weight excluding hydrogens is 440 g/mol. The van der Waals surface area contributed by atoms with E-state index in [4.69, 9.17) is 12.3 Å². The van der Waals surface area contributed by atoms with Gasteiger partial charge in [0.2, 0.25) is 15.8 Å². The zero-order valence-electron chi connectivity index (χ0n) is 18.1. The van der Waals surface area contributed by atoms with Gasteiger partial charge in [0, 0.05) is 17.7 Å². The highest BCUT2D eigenvalue weighted by Gasteiger charge is 2.48. The molecule has 2 aliphatic rings. The molecule has 0 amide bonds. The molecule has 8 nitrogen and oxygen atoms in total. The second-order valence-electron chi connectivity index (χ2n) is 9.00. The van der Waals surface area contributed by atoms with Gasteiger partial charge in [-0.2, -0.15) is 4.08 Å². The SMILES string of the molecule is [B]P(C)N1CC[C@@H]([C@H](O)c2cc(C(C)(C)C(=O)C=O)c3c(c2)C(C)(C)C(=O)O3)S1(=O)=O. The van der Waals surface area contributed by atoms with E-state index in [1.807, 2.05) is 0 Å². The highest BCUT2D eigenvalue weighted by Crippen LogP contribution is 2.49. The van der Waals surface area contributed by atoms with E-state index in [-0.39, 0.29) is 36.1 Å². The van der Waals surface area contributed by atoms with Gasteiger partial charge in [-0.25, -0.2) is 8.42 Å². The number of nitrogens with zero attached hydrogens (tertiary/aromatic N) is 1. The molecule has 11 heteroatoms. The van der Waals surface area contributed by atoms with Gasteiger partial charge in [-0.15, -0.1) is 0 Å². The Morgan fingerprint density at radius 3 is 2.55 bits per heavy atom. The summed E-state index contributed by atoms with van der Waals surface area (Å²) in [6.45, 7) is 8.14. The zero-order chi connectivity index (χ0) is 23.5. The smallest absolute Gasteiger partial charge is 0.321 e. The molecule has 1 N–H and O–H groups in total. The van der Waals surface area contributed by atoms with E-state index in [0.29, 0.717) is 5.56 Å². The number of fused-ring (bicyclic) bond motifs is 1. The number of aldehydes is 1. The molecule has 1 unspecified atom stereocenters. The van der Waals surface area contributed by atoms with Crippen LogP contribution in [0.25, 0.3) is 0 Å². The van der Waals surface area contributed by atoms with Gasteiger partial charge in [0.15, 0.2) is 6.29 Å². The molecule has 3 atom stereocenters. The molecule has 0 aliphatic carbocycles. The second kappa shape index (κ2) is 7.76. The molecule has 0 bridgehead atoms. The number of ether oxygens (including phenoxy) is 1. The van der Waals surface area contributed by atoms with E-state index in [1.54, 1.807) is 26.6 Å². The molecule has 2 heterocycles. The number of carbonyl (C=O) groups excluding carboxylic acids is 3. The Morgan fingerprint density at radius 2 is 2.03 bits per heavy atom. The van der Waals surface area contributed by atoms with Crippen LogP contribution in [0.15, 0.2) is 12.1 Å². The van der Waals surface area contributed by atoms with Crippen molar-refractivity contribution in [1.29, 1.82) is 0 Å². The monoisotopic (exact) mass is 465 g/mol. The fourth-order valence-corrected chi connectivity index (χ4v) is 7.80. The van der Waals surface area contributed by atoms with Gasteiger partial charge in [0.05, 0.1) is 16.9 Å². The van der Waals surface area contributed by atoms with Crippen LogP contribution in [-0.4, -0.2) is 61.7 Å². The summed E-state index contributed by atoms with van der Waals surface area (Å²) in [4.78, 5) is 36.1. The predicted molar refractivity (Wildman–Crippen MR) is 117 cm³/mol. The van der Waals surface area contributed by atoms with Crippen molar-refractivity contribution < 1.29 is 32.6 Å². The van der Waals surface area contributed by atoms with E-state index in [0.717, 1.165) is 0 Å². The van der Waals surface area contributed by atoms with Gasteiger partial charge < -0.3 is 9.84 Å². The van der Waals surface area contributed by atoms with Crippen molar-refractivity contribution in [3.05, 3.63) is 28.8 Å². The van der Waals surface area contributed by atoms with Gasteiger partial charge in [-0.05, 0) is 58.5 Å². The Labute approximate surface area is 184 Å². The summed E-state index contributed by atoms with van der Waals surface area (Å²) in [5.41, 5.74) is -1.51. The fourth-order valence-electron chi connectivity index (χ4n) is 4.01. The van der Waals surface area contributed by atoms with E-state index in [9.17, 15) is 27.9 Å². The van der Waals surface area contributed by atoms with Crippen LogP contribution in [0.2, 0.25) is 0 Å². The van der Waals surface area contributed by atoms with Crippen molar-refractivity contribution in [2.45, 2.75) is 56.3 Å².